The molecule has 0 saturated heterocycles. The fraction of sp³-hybridized carbons (Fsp3) is 0.538. The average Bonchev–Trinajstić information content (AvgIpc) is 2.20. The SMILES string of the molecule is CC(C)Oc1cc(Cl)c(CN)cc1OC(C)C. The number of nitrogens with two attached hydrogens (primary N) is 1. The van der Waals surface area contributed by atoms with E-state index in [4.69, 9.17) is 26.8 Å². The van der Waals surface area contributed by atoms with E-state index in [2.05, 4.69) is 0 Å². The van der Waals surface area contributed by atoms with Crippen LogP contribution in [0.3, 0.4) is 0 Å². The number of hydrogen-bond donors (Lipinski definition) is 1. The zero-order chi connectivity index (χ0) is 13.0. The molecule has 0 aliphatic rings. The first-order chi connectivity index (χ1) is 7.93. The van der Waals surface area contributed by atoms with Crippen LogP contribution in [0, 0.1) is 0 Å². The van der Waals surface area contributed by atoms with E-state index in [-0.39, 0.29) is 12.2 Å². The molecule has 0 fully saturated rings. The van der Waals surface area contributed by atoms with Crippen LogP contribution in [-0.4, -0.2) is 12.2 Å². The molecular weight excluding hydrogens is 238 g/mol. The minimum atomic E-state index is 0.0734. The van der Waals surface area contributed by atoms with Crippen molar-refractivity contribution in [1.29, 1.82) is 0 Å². The Bertz CT molecular complexity index is 378. The predicted octanol–water partition coefficient (Wildman–Crippen LogP) is 3.37. The molecule has 1 aromatic carbocycles. The quantitative estimate of drug-likeness (QED) is 0.880. The van der Waals surface area contributed by atoms with Crippen LogP contribution < -0.4 is 15.2 Å². The lowest BCUT2D eigenvalue weighted by atomic mass is 10.2. The molecule has 1 rings (SSSR count). The summed E-state index contributed by atoms with van der Waals surface area (Å²) in [5, 5.41) is 0.610. The average molecular weight is 258 g/mol. The summed E-state index contributed by atoms with van der Waals surface area (Å²) in [6.07, 6.45) is 0.153. The number of halogens is 1. The van der Waals surface area contributed by atoms with Crippen LogP contribution in [0.2, 0.25) is 5.02 Å². The van der Waals surface area contributed by atoms with Crippen LogP contribution in [0.4, 0.5) is 0 Å². The molecule has 0 aliphatic heterocycles. The maximum Gasteiger partial charge on any atom is 0.163 e. The molecule has 0 atom stereocenters. The Labute approximate surface area is 108 Å². The lowest BCUT2D eigenvalue weighted by Gasteiger charge is -2.18. The molecule has 4 heteroatoms. The molecule has 0 aromatic heterocycles. The fourth-order valence-electron chi connectivity index (χ4n) is 1.43. The summed E-state index contributed by atoms with van der Waals surface area (Å²) in [7, 11) is 0. The highest BCUT2D eigenvalue weighted by molar-refractivity contribution is 6.31. The lowest BCUT2D eigenvalue weighted by Crippen LogP contribution is -2.11. The Morgan fingerprint density at radius 2 is 1.53 bits per heavy atom. The summed E-state index contributed by atoms with van der Waals surface area (Å²) in [5.74, 6) is 1.36. The van der Waals surface area contributed by atoms with E-state index in [0.717, 1.165) is 5.56 Å². The van der Waals surface area contributed by atoms with E-state index in [1.807, 2.05) is 33.8 Å². The normalized spacial score (nSPS) is 11.1. The van der Waals surface area contributed by atoms with Crippen molar-refractivity contribution < 1.29 is 9.47 Å². The van der Waals surface area contributed by atoms with E-state index in [9.17, 15) is 0 Å². The third-order valence-electron chi connectivity index (χ3n) is 2.06. The van der Waals surface area contributed by atoms with Crippen LogP contribution >= 0.6 is 11.6 Å². The Hall–Kier alpha value is -0.930. The monoisotopic (exact) mass is 257 g/mol. The molecule has 0 bridgehead atoms. The van der Waals surface area contributed by atoms with E-state index < -0.39 is 0 Å². The van der Waals surface area contributed by atoms with Gasteiger partial charge in [0.25, 0.3) is 0 Å². The van der Waals surface area contributed by atoms with Gasteiger partial charge >= 0.3 is 0 Å². The van der Waals surface area contributed by atoms with Crippen molar-refractivity contribution in [2.45, 2.75) is 46.4 Å². The highest BCUT2D eigenvalue weighted by atomic mass is 35.5. The smallest absolute Gasteiger partial charge is 0.163 e. The van der Waals surface area contributed by atoms with Crippen LogP contribution in [0.25, 0.3) is 0 Å². The van der Waals surface area contributed by atoms with E-state index in [1.165, 1.54) is 0 Å². The van der Waals surface area contributed by atoms with E-state index in [1.54, 1.807) is 6.07 Å². The number of ether oxygens (including phenoxy) is 2. The Balaban J connectivity index is 3.11. The topological polar surface area (TPSA) is 44.5 Å². The summed E-state index contributed by atoms with van der Waals surface area (Å²) in [4.78, 5) is 0. The van der Waals surface area contributed by atoms with Crippen molar-refractivity contribution in [2.75, 3.05) is 0 Å². The van der Waals surface area contributed by atoms with Gasteiger partial charge in [0.1, 0.15) is 0 Å². The molecule has 3 nitrogen and oxygen atoms in total. The zero-order valence-corrected chi connectivity index (χ0v) is 11.5. The summed E-state index contributed by atoms with van der Waals surface area (Å²) < 4.78 is 11.4. The maximum atomic E-state index is 6.11. The highest BCUT2D eigenvalue weighted by Gasteiger charge is 2.12. The van der Waals surface area contributed by atoms with Crippen molar-refractivity contribution in [3.8, 4) is 11.5 Å². The Morgan fingerprint density at radius 1 is 1.06 bits per heavy atom. The molecular formula is C13H20ClNO2. The van der Waals surface area contributed by atoms with Crippen LogP contribution in [0.1, 0.15) is 33.3 Å². The van der Waals surface area contributed by atoms with Gasteiger partial charge in [0.05, 0.1) is 12.2 Å². The molecule has 96 valence electrons. The fourth-order valence-corrected chi connectivity index (χ4v) is 1.66. The lowest BCUT2D eigenvalue weighted by molar-refractivity contribution is 0.198. The molecule has 2 N–H and O–H groups in total. The van der Waals surface area contributed by atoms with Crippen molar-refractivity contribution in [3.05, 3.63) is 22.7 Å². The van der Waals surface area contributed by atoms with Crippen molar-refractivity contribution in [3.63, 3.8) is 0 Å². The second-order valence-electron chi connectivity index (χ2n) is 4.43. The van der Waals surface area contributed by atoms with Gasteiger partial charge in [-0.1, -0.05) is 11.6 Å². The highest BCUT2D eigenvalue weighted by Crippen LogP contribution is 2.34. The minimum Gasteiger partial charge on any atom is -0.487 e. The molecule has 0 spiro atoms. The van der Waals surface area contributed by atoms with Gasteiger partial charge in [-0.2, -0.15) is 0 Å². The molecule has 0 saturated carbocycles. The van der Waals surface area contributed by atoms with Crippen LogP contribution in [0.5, 0.6) is 11.5 Å². The zero-order valence-electron chi connectivity index (χ0n) is 10.8. The third-order valence-corrected chi connectivity index (χ3v) is 2.41. The Morgan fingerprint density at radius 3 is 1.94 bits per heavy atom. The second-order valence-corrected chi connectivity index (χ2v) is 4.83. The first-order valence-electron chi connectivity index (χ1n) is 5.79. The number of benzene rings is 1. The maximum absolute atomic E-state index is 6.11. The third kappa shape index (κ3) is 4.10. The summed E-state index contributed by atoms with van der Waals surface area (Å²) in [6.45, 7) is 8.24. The van der Waals surface area contributed by atoms with Crippen LogP contribution in [-0.2, 0) is 6.54 Å². The van der Waals surface area contributed by atoms with Crippen molar-refractivity contribution in [1.82, 2.24) is 0 Å². The van der Waals surface area contributed by atoms with Gasteiger partial charge in [-0.3, -0.25) is 0 Å². The van der Waals surface area contributed by atoms with Gasteiger partial charge in [0.2, 0.25) is 0 Å². The van der Waals surface area contributed by atoms with Crippen molar-refractivity contribution in [2.24, 2.45) is 5.73 Å². The van der Waals surface area contributed by atoms with E-state index in [0.29, 0.717) is 23.1 Å². The summed E-state index contributed by atoms with van der Waals surface area (Å²) in [5.41, 5.74) is 6.48. The molecule has 0 heterocycles. The standard InChI is InChI=1S/C13H20ClNO2/c1-8(2)16-12-5-10(7-15)11(14)6-13(12)17-9(3)4/h5-6,8-9H,7,15H2,1-4H3. The largest absolute Gasteiger partial charge is 0.487 e. The summed E-state index contributed by atoms with van der Waals surface area (Å²) >= 11 is 6.11. The molecule has 0 aliphatic carbocycles. The van der Waals surface area contributed by atoms with Gasteiger partial charge in [-0.25, -0.2) is 0 Å². The van der Waals surface area contributed by atoms with Crippen molar-refractivity contribution >= 4 is 11.6 Å². The summed E-state index contributed by atoms with van der Waals surface area (Å²) in [6, 6.07) is 3.61. The molecule has 0 amide bonds. The van der Waals surface area contributed by atoms with Crippen LogP contribution in [0.15, 0.2) is 12.1 Å². The van der Waals surface area contributed by atoms with Gasteiger partial charge < -0.3 is 15.2 Å². The second kappa shape index (κ2) is 6.12. The molecule has 0 unspecified atom stereocenters. The number of rotatable bonds is 5. The first-order valence-corrected chi connectivity index (χ1v) is 6.17. The molecule has 1 aromatic rings. The minimum absolute atomic E-state index is 0.0734. The van der Waals surface area contributed by atoms with Gasteiger partial charge in [-0.05, 0) is 39.3 Å². The molecule has 17 heavy (non-hydrogen) atoms. The molecule has 0 radical (unpaired) electrons. The van der Waals surface area contributed by atoms with Gasteiger partial charge in [0.15, 0.2) is 11.5 Å². The predicted molar refractivity (Wildman–Crippen MR) is 70.9 cm³/mol. The number of hydrogen-bond acceptors (Lipinski definition) is 3. The van der Waals surface area contributed by atoms with Gasteiger partial charge in [0, 0.05) is 17.6 Å². The first kappa shape index (κ1) is 14.1. The van der Waals surface area contributed by atoms with E-state index >= 15 is 0 Å². The Kier molecular flexibility index (Phi) is 5.09. The van der Waals surface area contributed by atoms with Gasteiger partial charge in [-0.15, -0.1) is 0 Å².